The Hall–Kier alpha value is -0.770. The summed E-state index contributed by atoms with van der Waals surface area (Å²) in [7, 11) is 0. The molecule has 15 heavy (non-hydrogen) atoms. The van der Waals surface area contributed by atoms with E-state index in [2.05, 4.69) is 5.32 Å². The second-order valence-electron chi connectivity index (χ2n) is 3.97. The zero-order valence-corrected chi connectivity index (χ0v) is 10.1. The number of carbonyl (C=O) groups excluding carboxylic acids is 1. The van der Waals surface area contributed by atoms with E-state index in [1.165, 1.54) is 0 Å². The van der Waals surface area contributed by atoms with Crippen LogP contribution in [0, 0.1) is 0 Å². The summed E-state index contributed by atoms with van der Waals surface area (Å²) in [6.07, 6.45) is 3.18. The zero-order valence-electron chi connectivity index (χ0n) is 10.1. The van der Waals surface area contributed by atoms with Gasteiger partial charge in [-0.15, -0.1) is 0 Å². The molecule has 0 saturated heterocycles. The molecule has 0 radical (unpaired) electrons. The number of rotatable bonds is 7. The van der Waals surface area contributed by atoms with Crippen LogP contribution in [0.3, 0.4) is 0 Å². The van der Waals surface area contributed by atoms with Crippen LogP contribution in [0.4, 0.5) is 4.79 Å². The molecule has 0 aliphatic heterocycles. The Balaban J connectivity index is 3.72. The van der Waals surface area contributed by atoms with E-state index in [9.17, 15) is 4.79 Å². The van der Waals surface area contributed by atoms with Gasteiger partial charge in [-0.05, 0) is 39.2 Å². The number of hydrogen-bond acceptors (Lipinski definition) is 3. The number of nitrogens with two attached hydrogens (primary N) is 1. The summed E-state index contributed by atoms with van der Waals surface area (Å²) in [6.45, 7) is 7.29. The van der Waals surface area contributed by atoms with Gasteiger partial charge < -0.3 is 15.8 Å². The van der Waals surface area contributed by atoms with E-state index >= 15 is 0 Å². The maximum Gasteiger partial charge on any atom is 0.407 e. The Morgan fingerprint density at radius 2 is 1.93 bits per heavy atom. The van der Waals surface area contributed by atoms with E-state index in [1.54, 1.807) is 0 Å². The summed E-state index contributed by atoms with van der Waals surface area (Å²) in [5, 5.41) is 2.73. The normalized spacial score (nSPS) is 11.2. The monoisotopic (exact) mass is 216 g/mol. The van der Waals surface area contributed by atoms with Crippen molar-refractivity contribution in [1.82, 2.24) is 5.32 Å². The first-order valence-corrected chi connectivity index (χ1v) is 5.75. The van der Waals surface area contributed by atoms with Crippen molar-refractivity contribution in [3.8, 4) is 0 Å². The molecule has 0 spiro atoms. The van der Waals surface area contributed by atoms with E-state index < -0.39 is 0 Å². The highest BCUT2D eigenvalue weighted by molar-refractivity contribution is 5.67. The summed E-state index contributed by atoms with van der Waals surface area (Å²) in [5.41, 5.74) is 5.01. The molecule has 0 aliphatic rings. The molecule has 0 fully saturated rings. The Bertz CT molecular complexity index is 179. The standard InChI is InChI=1S/C11H24N2O2/c1-4-11(3,5-2)15-10(14)13-9-7-6-8-12/h4-9,12H2,1-3H3,(H,13,14). The first-order valence-electron chi connectivity index (χ1n) is 5.75. The Morgan fingerprint density at radius 3 is 2.40 bits per heavy atom. The molecule has 0 aliphatic carbocycles. The lowest BCUT2D eigenvalue weighted by Gasteiger charge is -2.26. The van der Waals surface area contributed by atoms with Gasteiger partial charge in [0.2, 0.25) is 0 Å². The van der Waals surface area contributed by atoms with Crippen LogP contribution >= 0.6 is 0 Å². The first-order chi connectivity index (χ1) is 7.08. The predicted octanol–water partition coefficient (Wildman–Crippen LogP) is 2.03. The number of ether oxygens (including phenoxy) is 1. The molecule has 0 bridgehead atoms. The highest BCUT2D eigenvalue weighted by Crippen LogP contribution is 2.19. The largest absolute Gasteiger partial charge is 0.443 e. The van der Waals surface area contributed by atoms with Crippen molar-refractivity contribution in [3.05, 3.63) is 0 Å². The summed E-state index contributed by atoms with van der Waals surface area (Å²) in [6, 6.07) is 0. The number of alkyl carbamates (subject to hydrolysis) is 1. The number of hydrogen-bond donors (Lipinski definition) is 2. The molecule has 0 heterocycles. The summed E-state index contributed by atoms with van der Waals surface area (Å²) >= 11 is 0. The molecule has 0 aromatic carbocycles. The first kappa shape index (κ1) is 14.2. The maximum atomic E-state index is 11.4. The minimum absolute atomic E-state index is 0.321. The topological polar surface area (TPSA) is 64.3 Å². The highest BCUT2D eigenvalue weighted by atomic mass is 16.6. The van der Waals surface area contributed by atoms with Crippen LogP contribution in [0.5, 0.6) is 0 Å². The van der Waals surface area contributed by atoms with Crippen LogP contribution in [0.25, 0.3) is 0 Å². The van der Waals surface area contributed by atoms with Crippen LogP contribution < -0.4 is 11.1 Å². The van der Waals surface area contributed by atoms with Crippen molar-refractivity contribution in [3.63, 3.8) is 0 Å². The van der Waals surface area contributed by atoms with Gasteiger partial charge in [0.25, 0.3) is 0 Å². The molecule has 0 saturated carbocycles. The van der Waals surface area contributed by atoms with E-state index in [4.69, 9.17) is 10.5 Å². The minimum Gasteiger partial charge on any atom is -0.443 e. The molecule has 90 valence electrons. The molecule has 1 amide bonds. The van der Waals surface area contributed by atoms with Crippen molar-refractivity contribution in [2.75, 3.05) is 13.1 Å². The maximum absolute atomic E-state index is 11.4. The Labute approximate surface area is 92.6 Å². The van der Waals surface area contributed by atoms with Gasteiger partial charge in [0.05, 0.1) is 0 Å². The fraction of sp³-hybridized carbons (Fsp3) is 0.909. The number of amides is 1. The minimum atomic E-state index is -0.335. The molecule has 0 aromatic heterocycles. The summed E-state index contributed by atoms with van der Waals surface area (Å²) in [4.78, 5) is 11.4. The van der Waals surface area contributed by atoms with Crippen molar-refractivity contribution in [2.24, 2.45) is 5.73 Å². The van der Waals surface area contributed by atoms with Gasteiger partial charge in [-0.25, -0.2) is 4.79 Å². The molecular formula is C11H24N2O2. The second kappa shape index (κ2) is 7.51. The van der Waals surface area contributed by atoms with Crippen LogP contribution in [0.15, 0.2) is 0 Å². The van der Waals surface area contributed by atoms with Crippen molar-refractivity contribution >= 4 is 6.09 Å². The van der Waals surface area contributed by atoms with Gasteiger partial charge in [-0.2, -0.15) is 0 Å². The summed E-state index contributed by atoms with van der Waals surface area (Å²) in [5.74, 6) is 0. The van der Waals surface area contributed by atoms with E-state index in [0.29, 0.717) is 13.1 Å². The second-order valence-corrected chi connectivity index (χ2v) is 3.97. The molecule has 0 atom stereocenters. The number of carbonyl (C=O) groups is 1. The van der Waals surface area contributed by atoms with Crippen molar-refractivity contribution < 1.29 is 9.53 Å². The molecule has 0 unspecified atom stereocenters. The fourth-order valence-electron chi connectivity index (χ4n) is 1.11. The molecule has 0 rings (SSSR count). The van der Waals surface area contributed by atoms with Crippen molar-refractivity contribution in [2.45, 2.75) is 52.1 Å². The third kappa shape index (κ3) is 6.33. The van der Waals surface area contributed by atoms with Gasteiger partial charge >= 0.3 is 6.09 Å². The Morgan fingerprint density at radius 1 is 1.33 bits per heavy atom. The highest BCUT2D eigenvalue weighted by Gasteiger charge is 2.23. The van der Waals surface area contributed by atoms with Gasteiger partial charge in [0.1, 0.15) is 5.60 Å². The Kier molecular flexibility index (Phi) is 7.13. The number of nitrogens with one attached hydrogen (secondary N) is 1. The van der Waals surface area contributed by atoms with E-state index in [-0.39, 0.29) is 11.7 Å². The van der Waals surface area contributed by atoms with Crippen LogP contribution in [0.1, 0.15) is 46.5 Å². The third-order valence-corrected chi connectivity index (χ3v) is 2.74. The lowest BCUT2D eigenvalue weighted by atomic mass is 10.0. The number of unbranched alkanes of at least 4 members (excludes halogenated alkanes) is 1. The van der Waals surface area contributed by atoms with Gasteiger partial charge in [-0.3, -0.25) is 0 Å². The zero-order chi connectivity index (χ0) is 11.7. The fourth-order valence-corrected chi connectivity index (χ4v) is 1.11. The van der Waals surface area contributed by atoms with Crippen LogP contribution in [-0.4, -0.2) is 24.8 Å². The molecular weight excluding hydrogens is 192 g/mol. The van der Waals surface area contributed by atoms with Gasteiger partial charge in [-0.1, -0.05) is 13.8 Å². The smallest absolute Gasteiger partial charge is 0.407 e. The van der Waals surface area contributed by atoms with E-state index in [0.717, 1.165) is 25.7 Å². The van der Waals surface area contributed by atoms with Crippen LogP contribution in [-0.2, 0) is 4.74 Å². The lowest BCUT2D eigenvalue weighted by Crippen LogP contribution is -2.36. The van der Waals surface area contributed by atoms with Crippen LogP contribution in [0.2, 0.25) is 0 Å². The molecule has 4 nitrogen and oxygen atoms in total. The lowest BCUT2D eigenvalue weighted by molar-refractivity contribution is 0.0192. The molecule has 0 aromatic rings. The quantitative estimate of drug-likeness (QED) is 0.640. The average molecular weight is 216 g/mol. The predicted molar refractivity (Wildman–Crippen MR) is 61.8 cm³/mol. The summed E-state index contributed by atoms with van der Waals surface area (Å²) < 4.78 is 5.34. The molecule has 3 N–H and O–H groups in total. The SMILES string of the molecule is CCC(C)(CC)OC(=O)NCCCCN. The van der Waals surface area contributed by atoms with Crippen molar-refractivity contribution in [1.29, 1.82) is 0 Å². The van der Waals surface area contributed by atoms with Gasteiger partial charge in [0, 0.05) is 6.54 Å². The van der Waals surface area contributed by atoms with E-state index in [1.807, 2.05) is 20.8 Å². The average Bonchev–Trinajstić information content (AvgIpc) is 2.24. The van der Waals surface area contributed by atoms with Gasteiger partial charge in [0.15, 0.2) is 0 Å². The molecule has 4 heteroatoms. The third-order valence-electron chi connectivity index (χ3n) is 2.74.